The molecule has 0 aromatic heterocycles. The number of rotatable bonds is 8. The zero-order chi connectivity index (χ0) is 21.3. The van der Waals surface area contributed by atoms with Gasteiger partial charge in [0, 0.05) is 0 Å². The van der Waals surface area contributed by atoms with Gasteiger partial charge in [0.25, 0.3) is 0 Å². The molecule has 3 rings (SSSR count). The van der Waals surface area contributed by atoms with Gasteiger partial charge >= 0.3 is 6.09 Å². The van der Waals surface area contributed by atoms with Gasteiger partial charge in [-0.2, -0.15) is 0 Å². The smallest absolute Gasteiger partial charge is 0.418 e. The molecule has 30 heavy (non-hydrogen) atoms. The molecule has 7 heteroatoms. The summed E-state index contributed by atoms with van der Waals surface area (Å²) in [4.78, 5) is 25.0. The molecular formula is C23H27FN2O4. The summed E-state index contributed by atoms with van der Waals surface area (Å²) in [6.07, 6.45) is 3.21. The number of carbonyl (C=O) groups excluding carboxylic acids is 2. The molecule has 0 spiro atoms. The minimum absolute atomic E-state index is 0.0487. The fourth-order valence-corrected chi connectivity index (χ4v) is 3.70. The molecule has 2 amide bonds. The van der Waals surface area contributed by atoms with Crippen LogP contribution < -0.4 is 10.6 Å². The zero-order valence-corrected chi connectivity index (χ0v) is 16.8. The summed E-state index contributed by atoms with van der Waals surface area (Å²) in [7, 11) is 0. The predicted octanol–water partition coefficient (Wildman–Crippen LogP) is 4.41. The SMILES string of the molecule is NC(=O)COCC1CCC(COC(=O)N(c2ccccc2)c2cccc(F)c2)CC1. The standard InChI is InChI=1S/C23H27FN2O4/c24-19-5-4-8-21(13-19)26(20-6-2-1-3-7-20)23(28)30-15-18-11-9-17(10-12-18)14-29-16-22(25)27/h1-8,13,17-18H,9-12,14-16H2,(H2,25,27). The molecule has 0 aliphatic heterocycles. The average molecular weight is 414 g/mol. The van der Waals surface area contributed by atoms with Crippen LogP contribution in [0.15, 0.2) is 54.6 Å². The summed E-state index contributed by atoms with van der Waals surface area (Å²) in [5, 5.41) is 0. The van der Waals surface area contributed by atoms with E-state index in [0.717, 1.165) is 25.7 Å². The number of amides is 2. The number of anilines is 2. The number of para-hydroxylation sites is 1. The number of primary amides is 1. The first-order valence-electron chi connectivity index (χ1n) is 10.2. The summed E-state index contributed by atoms with van der Waals surface area (Å²) in [5.41, 5.74) is 6.11. The van der Waals surface area contributed by atoms with Gasteiger partial charge in [-0.3, -0.25) is 4.79 Å². The molecule has 1 aliphatic carbocycles. The van der Waals surface area contributed by atoms with Crippen LogP contribution in [0.25, 0.3) is 0 Å². The maximum atomic E-state index is 13.7. The Morgan fingerprint density at radius 3 is 2.20 bits per heavy atom. The van der Waals surface area contributed by atoms with Gasteiger partial charge in [0.05, 0.1) is 24.6 Å². The van der Waals surface area contributed by atoms with Crippen molar-refractivity contribution < 1.29 is 23.5 Å². The first-order chi connectivity index (χ1) is 14.5. The first-order valence-corrected chi connectivity index (χ1v) is 10.2. The molecule has 160 valence electrons. The van der Waals surface area contributed by atoms with Crippen LogP contribution in [-0.2, 0) is 14.3 Å². The Morgan fingerprint density at radius 1 is 0.933 bits per heavy atom. The number of hydrogen-bond donors (Lipinski definition) is 1. The maximum Gasteiger partial charge on any atom is 0.418 e. The molecule has 1 aliphatic rings. The van der Waals surface area contributed by atoms with E-state index in [1.165, 1.54) is 17.0 Å². The van der Waals surface area contributed by atoms with Crippen LogP contribution in [0.4, 0.5) is 20.6 Å². The van der Waals surface area contributed by atoms with Crippen LogP contribution in [0.5, 0.6) is 0 Å². The third-order valence-corrected chi connectivity index (χ3v) is 5.27. The average Bonchev–Trinajstić information content (AvgIpc) is 2.74. The summed E-state index contributed by atoms with van der Waals surface area (Å²) >= 11 is 0. The molecule has 0 saturated heterocycles. The van der Waals surface area contributed by atoms with E-state index >= 15 is 0 Å². The van der Waals surface area contributed by atoms with Crippen LogP contribution in [-0.4, -0.2) is 31.8 Å². The van der Waals surface area contributed by atoms with Gasteiger partial charge in [-0.05, 0) is 67.9 Å². The van der Waals surface area contributed by atoms with Crippen molar-refractivity contribution in [2.75, 3.05) is 24.7 Å². The number of ether oxygens (including phenoxy) is 2. The van der Waals surface area contributed by atoms with E-state index in [2.05, 4.69) is 0 Å². The fourth-order valence-electron chi connectivity index (χ4n) is 3.70. The highest BCUT2D eigenvalue weighted by atomic mass is 19.1. The molecule has 2 aromatic carbocycles. The van der Waals surface area contributed by atoms with Gasteiger partial charge in [-0.1, -0.05) is 24.3 Å². The first kappa shape index (κ1) is 21.8. The predicted molar refractivity (Wildman–Crippen MR) is 112 cm³/mol. The Balaban J connectivity index is 1.55. The number of nitrogens with zero attached hydrogens (tertiary/aromatic N) is 1. The minimum atomic E-state index is -0.529. The lowest BCUT2D eigenvalue weighted by molar-refractivity contribution is -0.123. The van der Waals surface area contributed by atoms with Crippen molar-refractivity contribution in [3.05, 3.63) is 60.4 Å². The Labute approximate surface area is 175 Å². The number of benzene rings is 2. The van der Waals surface area contributed by atoms with Gasteiger partial charge < -0.3 is 15.2 Å². The van der Waals surface area contributed by atoms with E-state index in [4.69, 9.17) is 15.2 Å². The molecule has 1 saturated carbocycles. The zero-order valence-electron chi connectivity index (χ0n) is 16.8. The van der Waals surface area contributed by atoms with E-state index in [-0.39, 0.29) is 12.5 Å². The van der Waals surface area contributed by atoms with Crippen molar-refractivity contribution in [1.82, 2.24) is 0 Å². The van der Waals surface area contributed by atoms with Gasteiger partial charge in [0.2, 0.25) is 5.91 Å². The second-order valence-corrected chi connectivity index (χ2v) is 7.60. The minimum Gasteiger partial charge on any atom is -0.449 e. The number of nitrogens with two attached hydrogens (primary N) is 1. The molecule has 0 unspecified atom stereocenters. The summed E-state index contributed by atoms with van der Waals surface area (Å²) in [5.74, 6) is -0.217. The van der Waals surface area contributed by atoms with Crippen LogP contribution in [0.3, 0.4) is 0 Å². The largest absolute Gasteiger partial charge is 0.449 e. The molecule has 0 heterocycles. The Bertz CT molecular complexity index is 838. The third kappa shape index (κ3) is 6.29. The molecule has 1 fully saturated rings. The van der Waals surface area contributed by atoms with Crippen molar-refractivity contribution in [1.29, 1.82) is 0 Å². The van der Waals surface area contributed by atoms with Crippen LogP contribution >= 0.6 is 0 Å². The van der Waals surface area contributed by atoms with Crippen molar-refractivity contribution in [2.24, 2.45) is 17.6 Å². The Morgan fingerprint density at radius 2 is 1.57 bits per heavy atom. The lowest BCUT2D eigenvalue weighted by Gasteiger charge is -2.29. The number of carbonyl (C=O) groups is 2. The molecule has 6 nitrogen and oxygen atoms in total. The van der Waals surface area contributed by atoms with Crippen molar-refractivity contribution in [3.63, 3.8) is 0 Å². The molecule has 0 atom stereocenters. The van der Waals surface area contributed by atoms with Crippen molar-refractivity contribution in [3.8, 4) is 0 Å². The van der Waals surface area contributed by atoms with E-state index in [9.17, 15) is 14.0 Å². The molecule has 2 aromatic rings. The summed E-state index contributed by atoms with van der Waals surface area (Å²) in [6.45, 7) is 0.788. The maximum absolute atomic E-state index is 13.7. The Hall–Kier alpha value is -2.93. The number of hydrogen-bond acceptors (Lipinski definition) is 4. The highest BCUT2D eigenvalue weighted by Gasteiger charge is 2.25. The van der Waals surface area contributed by atoms with Crippen LogP contribution in [0, 0.1) is 17.7 Å². The van der Waals surface area contributed by atoms with Gasteiger partial charge in [0.15, 0.2) is 0 Å². The molecule has 0 radical (unpaired) electrons. The van der Waals surface area contributed by atoms with Gasteiger partial charge in [-0.25, -0.2) is 14.1 Å². The number of halogens is 1. The van der Waals surface area contributed by atoms with Crippen molar-refractivity contribution >= 4 is 23.4 Å². The summed E-state index contributed by atoms with van der Waals surface area (Å²) < 4.78 is 24.7. The highest BCUT2D eigenvalue weighted by Crippen LogP contribution is 2.31. The second kappa shape index (κ2) is 10.7. The van der Waals surface area contributed by atoms with E-state index in [1.807, 2.05) is 18.2 Å². The highest BCUT2D eigenvalue weighted by molar-refractivity contribution is 5.95. The Kier molecular flexibility index (Phi) is 7.79. The molecular weight excluding hydrogens is 387 g/mol. The van der Waals surface area contributed by atoms with Gasteiger partial charge in [-0.15, -0.1) is 0 Å². The van der Waals surface area contributed by atoms with Crippen LogP contribution in [0.1, 0.15) is 25.7 Å². The quantitative estimate of drug-likeness (QED) is 0.694. The monoisotopic (exact) mass is 414 g/mol. The normalized spacial score (nSPS) is 18.6. The van der Waals surface area contributed by atoms with E-state index in [1.54, 1.807) is 24.3 Å². The molecule has 0 bridgehead atoms. The topological polar surface area (TPSA) is 81.9 Å². The third-order valence-electron chi connectivity index (χ3n) is 5.27. The summed E-state index contributed by atoms with van der Waals surface area (Å²) in [6, 6.07) is 14.9. The van der Waals surface area contributed by atoms with E-state index < -0.39 is 17.8 Å². The second-order valence-electron chi connectivity index (χ2n) is 7.60. The van der Waals surface area contributed by atoms with Gasteiger partial charge in [0.1, 0.15) is 12.4 Å². The molecule has 2 N–H and O–H groups in total. The lowest BCUT2D eigenvalue weighted by Crippen LogP contribution is -2.30. The van der Waals surface area contributed by atoms with Crippen molar-refractivity contribution in [2.45, 2.75) is 25.7 Å². The van der Waals surface area contributed by atoms with E-state index in [0.29, 0.717) is 30.5 Å². The fraction of sp³-hybridized carbons (Fsp3) is 0.391. The van der Waals surface area contributed by atoms with Crippen LogP contribution in [0.2, 0.25) is 0 Å². The lowest BCUT2D eigenvalue weighted by atomic mass is 9.83.